The van der Waals surface area contributed by atoms with Gasteiger partial charge in [0.1, 0.15) is 0 Å². The first-order valence-electron chi connectivity index (χ1n) is 5.89. The molecular formula is C14H15N3O3. The van der Waals surface area contributed by atoms with Crippen LogP contribution in [0, 0.1) is 0 Å². The molecular weight excluding hydrogens is 258 g/mol. The number of nitrogens with one attached hydrogen (secondary N) is 1. The van der Waals surface area contributed by atoms with Gasteiger partial charge in [-0.1, -0.05) is 0 Å². The minimum absolute atomic E-state index is 0.406. The average Bonchev–Trinajstić information content (AvgIpc) is 2.49. The lowest BCUT2D eigenvalue weighted by molar-refractivity contribution is 0.0601. The standard InChI is InChI=1S/C14H15N3O3/c1-19-13-6-4-10(8-16-13)17-12-5-3-9(7-11(12)15)14(18)20-2/h3-8,17H,15H2,1-2H3. The van der Waals surface area contributed by atoms with E-state index in [1.54, 1.807) is 37.6 Å². The lowest BCUT2D eigenvalue weighted by Gasteiger charge is -2.10. The Hall–Kier alpha value is -2.76. The molecule has 0 radical (unpaired) electrons. The molecule has 0 saturated heterocycles. The SMILES string of the molecule is COC(=O)c1ccc(Nc2ccc(OC)nc2)c(N)c1. The van der Waals surface area contributed by atoms with E-state index in [-0.39, 0.29) is 0 Å². The summed E-state index contributed by atoms with van der Waals surface area (Å²) in [6.45, 7) is 0. The van der Waals surface area contributed by atoms with Crippen molar-refractivity contribution in [1.82, 2.24) is 4.98 Å². The Morgan fingerprint density at radius 1 is 1.25 bits per heavy atom. The first-order valence-corrected chi connectivity index (χ1v) is 5.89. The highest BCUT2D eigenvalue weighted by atomic mass is 16.5. The maximum Gasteiger partial charge on any atom is 0.337 e. The van der Waals surface area contributed by atoms with E-state index in [4.69, 9.17) is 10.5 Å². The van der Waals surface area contributed by atoms with Crippen LogP contribution in [0.4, 0.5) is 17.1 Å². The highest BCUT2D eigenvalue weighted by Gasteiger charge is 2.08. The molecule has 1 aromatic carbocycles. The van der Waals surface area contributed by atoms with Gasteiger partial charge in [-0.2, -0.15) is 0 Å². The number of nitrogens with two attached hydrogens (primary N) is 1. The van der Waals surface area contributed by atoms with Crippen molar-refractivity contribution in [3.8, 4) is 5.88 Å². The minimum atomic E-state index is -0.422. The molecule has 2 aromatic rings. The van der Waals surface area contributed by atoms with Crippen molar-refractivity contribution in [2.75, 3.05) is 25.3 Å². The van der Waals surface area contributed by atoms with E-state index >= 15 is 0 Å². The van der Waals surface area contributed by atoms with E-state index < -0.39 is 5.97 Å². The number of rotatable bonds is 4. The Kier molecular flexibility index (Phi) is 4.05. The molecule has 2 rings (SSSR count). The normalized spacial score (nSPS) is 9.90. The van der Waals surface area contributed by atoms with Gasteiger partial charge in [-0.05, 0) is 24.3 Å². The third-order valence-corrected chi connectivity index (χ3v) is 2.70. The predicted molar refractivity (Wildman–Crippen MR) is 76.3 cm³/mol. The zero-order chi connectivity index (χ0) is 14.5. The molecule has 20 heavy (non-hydrogen) atoms. The van der Waals surface area contributed by atoms with E-state index in [1.807, 2.05) is 6.07 Å². The highest BCUT2D eigenvalue weighted by molar-refractivity contribution is 5.92. The lowest BCUT2D eigenvalue weighted by atomic mass is 10.1. The van der Waals surface area contributed by atoms with E-state index in [0.717, 1.165) is 5.69 Å². The van der Waals surface area contributed by atoms with Gasteiger partial charge in [-0.25, -0.2) is 9.78 Å². The summed E-state index contributed by atoms with van der Waals surface area (Å²) in [5.74, 6) is 0.110. The van der Waals surface area contributed by atoms with Crippen LogP contribution in [0.2, 0.25) is 0 Å². The van der Waals surface area contributed by atoms with Crippen LogP contribution in [0.1, 0.15) is 10.4 Å². The van der Waals surface area contributed by atoms with Crippen molar-refractivity contribution in [2.24, 2.45) is 0 Å². The van der Waals surface area contributed by atoms with Gasteiger partial charge < -0.3 is 20.5 Å². The van der Waals surface area contributed by atoms with Crippen LogP contribution in [-0.4, -0.2) is 25.2 Å². The third kappa shape index (κ3) is 2.97. The van der Waals surface area contributed by atoms with Crippen LogP contribution in [0.5, 0.6) is 5.88 Å². The zero-order valence-corrected chi connectivity index (χ0v) is 11.2. The van der Waals surface area contributed by atoms with E-state index in [2.05, 4.69) is 15.0 Å². The number of methoxy groups -OCH3 is 2. The quantitative estimate of drug-likeness (QED) is 0.656. The summed E-state index contributed by atoms with van der Waals surface area (Å²) in [6, 6.07) is 8.47. The Balaban J connectivity index is 2.18. The number of aromatic nitrogens is 1. The fourth-order valence-electron chi connectivity index (χ4n) is 1.65. The minimum Gasteiger partial charge on any atom is -0.481 e. The maximum absolute atomic E-state index is 11.4. The average molecular weight is 273 g/mol. The molecule has 0 fully saturated rings. The Bertz CT molecular complexity index is 612. The summed E-state index contributed by atoms with van der Waals surface area (Å²) in [5, 5.41) is 3.11. The number of hydrogen-bond acceptors (Lipinski definition) is 6. The number of benzene rings is 1. The fraction of sp³-hybridized carbons (Fsp3) is 0.143. The molecule has 0 aliphatic carbocycles. The Morgan fingerprint density at radius 3 is 2.60 bits per heavy atom. The second-order valence-electron chi connectivity index (χ2n) is 4.01. The molecule has 0 aliphatic heterocycles. The summed E-state index contributed by atoms with van der Waals surface area (Å²) in [4.78, 5) is 15.5. The maximum atomic E-state index is 11.4. The molecule has 0 spiro atoms. The fourth-order valence-corrected chi connectivity index (χ4v) is 1.65. The van der Waals surface area contributed by atoms with Crippen molar-refractivity contribution in [3.63, 3.8) is 0 Å². The Labute approximate surface area is 116 Å². The van der Waals surface area contributed by atoms with Crippen LogP contribution >= 0.6 is 0 Å². The molecule has 0 saturated carbocycles. The summed E-state index contributed by atoms with van der Waals surface area (Å²) in [7, 11) is 2.88. The number of nitrogens with zero attached hydrogens (tertiary/aromatic N) is 1. The topological polar surface area (TPSA) is 86.5 Å². The van der Waals surface area contributed by atoms with Crippen molar-refractivity contribution in [3.05, 3.63) is 42.1 Å². The van der Waals surface area contributed by atoms with Gasteiger partial charge in [-0.15, -0.1) is 0 Å². The first-order chi connectivity index (χ1) is 9.63. The predicted octanol–water partition coefficient (Wildman–Crippen LogP) is 2.20. The van der Waals surface area contributed by atoms with Crippen LogP contribution in [0.15, 0.2) is 36.5 Å². The van der Waals surface area contributed by atoms with Gasteiger partial charge in [0.2, 0.25) is 5.88 Å². The Morgan fingerprint density at radius 2 is 2.05 bits per heavy atom. The van der Waals surface area contributed by atoms with E-state index in [0.29, 0.717) is 22.8 Å². The van der Waals surface area contributed by atoms with Crippen molar-refractivity contribution in [2.45, 2.75) is 0 Å². The molecule has 0 amide bonds. The number of anilines is 3. The van der Waals surface area contributed by atoms with Crippen LogP contribution in [-0.2, 0) is 4.74 Å². The third-order valence-electron chi connectivity index (χ3n) is 2.70. The van der Waals surface area contributed by atoms with E-state index in [1.165, 1.54) is 7.11 Å². The highest BCUT2D eigenvalue weighted by Crippen LogP contribution is 2.24. The number of pyridine rings is 1. The first kappa shape index (κ1) is 13.7. The van der Waals surface area contributed by atoms with Crippen LogP contribution < -0.4 is 15.8 Å². The molecule has 1 heterocycles. The van der Waals surface area contributed by atoms with Crippen LogP contribution in [0.3, 0.4) is 0 Å². The van der Waals surface area contributed by atoms with Gasteiger partial charge in [-0.3, -0.25) is 0 Å². The van der Waals surface area contributed by atoms with Crippen molar-refractivity contribution in [1.29, 1.82) is 0 Å². The van der Waals surface area contributed by atoms with E-state index in [9.17, 15) is 4.79 Å². The molecule has 0 atom stereocenters. The summed E-state index contributed by atoms with van der Waals surface area (Å²) in [6.07, 6.45) is 1.63. The summed E-state index contributed by atoms with van der Waals surface area (Å²) in [5.41, 5.74) is 8.21. The smallest absolute Gasteiger partial charge is 0.337 e. The lowest BCUT2D eigenvalue weighted by Crippen LogP contribution is -2.04. The zero-order valence-electron chi connectivity index (χ0n) is 11.2. The van der Waals surface area contributed by atoms with Gasteiger partial charge in [0, 0.05) is 6.07 Å². The molecule has 6 heteroatoms. The number of carbonyl (C=O) groups is 1. The van der Waals surface area contributed by atoms with Crippen molar-refractivity contribution < 1.29 is 14.3 Å². The second kappa shape index (κ2) is 5.92. The largest absolute Gasteiger partial charge is 0.481 e. The molecule has 0 bridgehead atoms. The molecule has 0 aliphatic rings. The molecule has 6 nitrogen and oxygen atoms in total. The number of esters is 1. The van der Waals surface area contributed by atoms with Gasteiger partial charge in [0.25, 0.3) is 0 Å². The molecule has 104 valence electrons. The summed E-state index contributed by atoms with van der Waals surface area (Å²) >= 11 is 0. The molecule has 1 aromatic heterocycles. The summed E-state index contributed by atoms with van der Waals surface area (Å²) < 4.78 is 9.62. The van der Waals surface area contributed by atoms with Gasteiger partial charge in [0.15, 0.2) is 0 Å². The van der Waals surface area contributed by atoms with Gasteiger partial charge in [0.05, 0.1) is 43.0 Å². The van der Waals surface area contributed by atoms with Crippen LogP contribution in [0.25, 0.3) is 0 Å². The monoisotopic (exact) mass is 273 g/mol. The van der Waals surface area contributed by atoms with Gasteiger partial charge >= 0.3 is 5.97 Å². The molecule has 3 N–H and O–H groups in total. The number of carbonyl (C=O) groups excluding carboxylic acids is 1. The number of hydrogen-bond donors (Lipinski definition) is 2. The molecule has 0 unspecified atom stereocenters. The number of ether oxygens (including phenoxy) is 2. The second-order valence-corrected chi connectivity index (χ2v) is 4.01. The van der Waals surface area contributed by atoms with Crippen molar-refractivity contribution >= 4 is 23.0 Å². The number of nitrogen functional groups attached to an aromatic ring is 1.